The molecule has 0 fully saturated rings. The number of halogens is 1. The summed E-state index contributed by atoms with van der Waals surface area (Å²) >= 11 is 3.43. The Kier molecular flexibility index (Phi) is 6.52. The minimum Gasteiger partial charge on any atom is -0.507 e. The molecule has 26 heavy (non-hydrogen) atoms. The maximum atomic E-state index is 12.6. The van der Waals surface area contributed by atoms with Crippen LogP contribution in [0.5, 0.6) is 28.7 Å². The molecule has 2 aromatic rings. The highest BCUT2D eigenvalue weighted by molar-refractivity contribution is 9.10. The van der Waals surface area contributed by atoms with Crippen molar-refractivity contribution in [3.05, 3.63) is 45.9 Å². The van der Waals surface area contributed by atoms with E-state index in [0.29, 0.717) is 22.8 Å². The molecule has 0 aliphatic rings. The smallest absolute Gasteiger partial charge is 0.193 e. The van der Waals surface area contributed by atoms with Crippen molar-refractivity contribution in [2.75, 3.05) is 28.4 Å². The summed E-state index contributed by atoms with van der Waals surface area (Å²) in [7, 11) is 5.95. The second-order valence-electron chi connectivity index (χ2n) is 5.15. The first-order valence-corrected chi connectivity index (χ1v) is 8.33. The van der Waals surface area contributed by atoms with Gasteiger partial charge in [0.1, 0.15) is 22.8 Å². The number of carbonyl (C=O) groups excluding carboxylic acids is 1. The van der Waals surface area contributed by atoms with Crippen LogP contribution in [0.2, 0.25) is 0 Å². The standard InChI is InChI=1S/C19H19BrO6/c1-23-12-8-15(22)19(18(9-12)26-4)14(21)6-5-11-7-16(24-2)17(25-3)10-13(11)20/h5-10,22H,1-4H3/b6-5+. The molecular weight excluding hydrogens is 404 g/mol. The number of phenolic OH excluding ortho intramolecular Hbond substituents is 1. The van der Waals surface area contributed by atoms with Crippen LogP contribution in [0.3, 0.4) is 0 Å². The van der Waals surface area contributed by atoms with Crippen LogP contribution in [0.1, 0.15) is 15.9 Å². The molecule has 7 heteroatoms. The number of methoxy groups -OCH3 is 4. The highest BCUT2D eigenvalue weighted by Gasteiger charge is 2.17. The molecular formula is C19H19BrO6. The van der Waals surface area contributed by atoms with Gasteiger partial charge in [-0.1, -0.05) is 15.9 Å². The number of phenols is 1. The van der Waals surface area contributed by atoms with Gasteiger partial charge in [0.05, 0.1) is 28.4 Å². The van der Waals surface area contributed by atoms with Gasteiger partial charge in [-0.05, 0) is 29.8 Å². The van der Waals surface area contributed by atoms with Gasteiger partial charge in [0, 0.05) is 16.6 Å². The quantitative estimate of drug-likeness (QED) is 0.534. The molecule has 6 nitrogen and oxygen atoms in total. The number of allylic oxidation sites excluding steroid dienone is 1. The SMILES string of the molecule is COc1cc(O)c(C(=O)/C=C/c2cc(OC)c(OC)cc2Br)c(OC)c1. The van der Waals surface area contributed by atoms with Gasteiger partial charge in [0.25, 0.3) is 0 Å². The lowest BCUT2D eigenvalue weighted by atomic mass is 10.1. The van der Waals surface area contributed by atoms with Crippen molar-refractivity contribution in [1.82, 2.24) is 0 Å². The first kappa shape index (κ1) is 19.7. The number of ether oxygens (including phenoxy) is 4. The maximum Gasteiger partial charge on any atom is 0.193 e. The van der Waals surface area contributed by atoms with Crippen LogP contribution in [0.4, 0.5) is 0 Å². The first-order valence-electron chi connectivity index (χ1n) is 7.54. The number of ketones is 1. The Balaban J connectivity index is 2.39. The average molecular weight is 423 g/mol. The molecule has 0 aliphatic carbocycles. The Morgan fingerprint density at radius 1 is 0.923 bits per heavy atom. The zero-order valence-electron chi connectivity index (χ0n) is 14.8. The van der Waals surface area contributed by atoms with Crippen LogP contribution in [-0.2, 0) is 0 Å². The summed E-state index contributed by atoms with van der Waals surface area (Å²) in [6.45, 7) is 0. The Labute approximate surface area is 160 Å². The van der Waals surface area contributed by atoms with E-state index < -0.39 is 5.78 Å². The number of rotatable bonds is 7. The van der Waals surface area contributed by atoms with E-state index in [9.17, 15) is 9.90 Å². The zero-order valence-corrected chi connectivity index (χ0v) is 16.4. The number of hydrogen-bond acceptors (Lipinski definition) is 6. The Morgan fingerprint density at radius 3 is 2.12 bits per heavy atom. The topological polar surface area (TPSA) is 74.2 Å². The summed E-state index contributed by atoms with van der Waals surface area (Å²) in [6, 6.07) is 6.37. The van der Waals surface area contributed by atoms with Crippen molar-refractivity contribution in [1.29, 1.82) is 0 Å². The lowest BCUT2D eigenvalue weighted by Crippen LogP contribution is -2.00. The molecule has 0 heterocycles. The van der Waals surface area contributed by atoms with E-state index in [-0.39, 0.29) is 17.1 Å². The molecule has 0 saturated heterocycles. The number of benzene rings is 2. The molecule has 0 aliphatic heterocycles. The minimum absolute atomic E-state index is 0.0566. The third kappa shape index (κ3) is 4.11. The second kappa shape index (κ2) is 8.62. The Bertz CT molecular complexity index is 844. The van der Waals surface area contributed by atoms with Crippen LogP contribution < -0.4 is 18.9 Å². The van der Waals surface area contributed by atoms with E-state index in [1.54, 1.807) is 25.3 Å². The maximum absolute atomic E-state index is 12.6. The van der Waals surface area contributed by atoms with Crippen LogP contribution in [0.25, 0.3) is 6.08 Å². The van der Waals surface area contributed by atoms with E-state index in [2.05, 4.69) is 15.9 Å². The van der Waals surface area contributed by atoms with Crippen LogP contribution in [0.15, 0.2) is 34.8 Å². The summed E-state index contributed by atoms with van der Waals surface area (Å²) in [5.74, 6) is 1.08. The molecule has 0 atom stereocenters. The summed E-state index contributed by atoms with van der Waals surface area (Å²) in [4.78, 5) is 12.6. The van der Waals surface area contributed by atoms with Crippen LogP contribution in [0, 0.1) is 0 Å². The molecule has 2 rings (SSSR count). The third-order valence-corrected chi connectivity index (χ3v) is 4.36. The van der Waals surface area contributed by atoms with Crippen molar-refractivity contribution in [2.24, 2.45) is 0 Å². The van der Waals surface area contributed by atoms with Gasteiger partial charge < -0.3 is 24.1 Å². The van der Waals surface area contributed by atoms with Crippen molar-refractivity contribution in [3.63, 3.8) is 0 Å². The van der Waals surface area contributed by atoms with Crippen molar-refractivity contribution >= 4 is 27.8 Å². The van der Waals surface area contributed by atoms with Crippen molar-refractivity contribution < 1.29 is 28.8 Å². The third-order valence-electron chi connectivity index (χ3n) is 3.67. The number of aromatic hydroxyl groups is 1. The highest BCUT2D eigenvalue weighted by Crippen LogP contribution is 2.35. The second-order valence-corrected chi connectivity index (χ2v) is 6.00. The molecule has 1 N–H and O–H groups in total. The van der Waals surface area contributed by atoms with Gasteiger partial charge in [0.2, 0.25) is 0 Å². The van der Waals surface area contributed by atoms with E-state index in [0.717, 1.165) is 4.47 Å². The summed E-state index contributed by atoms with van der Waals surface area (Å²) in [5.41, 5.74) is 0.768. The fourth-order valence-corrected chi connectivity index (χ4v) is 2.80. The number of hydrogen-bond donors (Lipinski definition) is 1. The van der Waals surface area contributed by atoms with Gasteiger partial charge in [-0.15, -0.1) is 0 Å². The van der Waals surface area contributed by atoms with Crippen LogP contribution in [-0.4, -0.2) is 39.3 Å². The summed E-state index contributed by atoms with van der Waals surface area (Å²) in [5, 5.41) is 10.1. The van der Waals surface area contributed by atoms with E-state index in [1.807, 2.05) is 0 Å². The molecule has 0 saturated carbocycles. The first-order chi connectivity index (χ1) is 12.4. The molecule has 138 valence electrons. The molecule has 0 aromatic heterocycles. The molecule has 2 aromatic carbocycles. The summed E-state index contributed by atoms with van der Waals surface area (Å²) in [6.07, 6.45) is 2.95. The zero-order chi connectivity index (χ0) is 19.3. The van der Waals surface area contributed by atoms with Gasteiger partial charge in [-0.25, -0.2) is 0 Å². The summed E-state index contributed by atoms with van der Waals surface area (Å²) < 4.78 is 21.5. The molecule has 0 bridgehead atoms. The van der Waals surface area contributed by atoms with Gasteiger partial charge in [0.15, 0.2) is 17.3 Å². The average Bonchev–Trinajstić information content (AvgIpc) is 2.65. The Morgan fingerprint density at radius 2 is 1.54 bits per heavy atom. The Hall–Kier alpha value is -2.67. The molecule has 0 radical (unpaired) electrons. The minimum atomic E-state index is -0.413. The van der Waals surface area contributed by atoms with Gasteiger partial charge in [-0.3, -0.25) is 4.79 Å². The normalized spacial score (nSPS) is 10.7. The van der Waals surface area contributed by atoms with Gasteiger partial charge >= 0.3 is 0 Å². The van der Waals surface area contributed by atoms with E-state index in [4.69, 9.17) is 18.9 Å². The predicted octanol–water partition coefficient (Wildman–Crippen LogP) is 4.09. The fraction of sp³-hybridized carbons (Fsp3) is 0.211. The van der Waals surface area contributed by atoms with E-state index >= 15 is 0 Å². The lowest BCUT2D eigenvalue weighted by Gasteiger charge is -2.11. The lowest BCUT2D eigenvalue weighted by molar-refractivity contribution is 0.104. The molecule has 0 unspecified atom stereocenters. The highest BCUT2D eigenvalue weighted by atomic mass is 79.9. The molecule has 0 amide bonds. The fourth-order valence-electron chi connectivity index (χ4n) is 2.35. The number of carbonyl (C=O) groups is 1. The van der Waals surface area contributed by atoms with Crippen LogP contribution >= 0.6 is 15.9 Å². The van der Waals surface area contributed by atoms with Crippen molar-refractivity contribution in [2.45, 2.75) is 0 Å². The van der Waals surface area contributed by atoms with E-state index in [1.165, 1.54) is 39.5 Å². The monoisotopic (exact) mass is 422 g/mol. The largest absolute Gasteiger partial charge is 0.507 e. The van der Waals surface area contributed by atoms with Gasteiger partial charge in [-0.2, -0.15) is 0 Å². The van der Waals surface area contributed by atoms with Crippen molar-refractivity contribution in [3.8, 4) is 28.7 Å². The molecule has 0 spiro atoms. The predicted molar refractivity (Wildman–Crippen MR) is 102 cm³/mol.